The third-order valence-electron chi connectivity index (χ3n) is 3.54. The smallest absolute Gasteiger partial charge is 0.0895 e. The molecule has 1 aromatic carbocycles. The Hall–Kier alpha value is -1.22. The highest BCUT2D eigenvalue weighted by molar-refractivity contribution is 5.54. The van der Waals surface area contributed by atoms with Gasteiger partial charge in [-0.05, 0) is 30.7 Å². The van der Waals surface area contributed by atoms with Gasteiger partial charge in [0.15, 0.2) is 0 Å². The number of nitrogens with zero attached hydrogens (tertiary/aromatic N) is 1. The van der Waals surface area contributed by atoms with Crippen molar-refractivity contribution in [3.05, 3.63) is 24.3 Å². The summed E-state index contributed by atoms with van der Waals surface area (Å²) in [6.07, 6.45) is 2.38. The maximum Gasteiger partial charge on any atom is 0.0895 e. The molecule has 2 aliphatic heterocycles. The van der Waals surface area contributed by atoms with Crippen LogP contribution < -0.4 is 10.6 Å². The van der Waals surface area contributed by atoms with Crippen LogP contribution in [0.4, 0.5) is 11.4 Å². The summed E-state index contributed by atoms with van der Waals surface area (Å²) < 4.78 is 5.69. The fourth-order valence-electron chi connectivity index (χ4n) is 2.46. The van der Waals surface area contributed by atoms with Crippen molar-refractivity contribution in [3.8, 4) is 0 Å². The summed E-state index contributed by atoms with van der Waals surface area (Å²) in [6.45, 7) is 3.08. The van der Waals surface area contributed by atoms with E-state index in [1.807, 2.05) is 12.1 Å². The molecule has 2 N–H and O–H groups in total. The van der Waals surface area contributed by atoms with Gasteiger partial charge in [-0.3, -0.25) is 0 Å². The predicted molar refractivity (Wildman–Crippen MR) is 61.0 cm³/mol. The highest BCUT2D eigenvalue weighted by Gasteiger charge is 2.44. The summed E-state index contributed by atoms with van der Waals surface area (Å²) >= 11 is 0. The van der Waals surface area contributed by atoms with Crippen LogP contribution in [-0.4, -0.2) is 25.3 Å². The van der Waals surface area contributed by atoms with Gasteiger partial charge in [-0.2, -0.15) is 0 Å². The molecular formula is C12H16N2O. The van der Waals surface area contributed by atoms with E-state index in [4.69, 9.17) is 10.5 Å². The van der Waals surface area contributed by atoms with E-state index in [9.17, 15) is 0 Å². The van der Waals surface area contributed by atoms with Crippen molar-refractivity contribution >= 4 is 11.4 Å². The van der Waals surface area contributed by atoms with Gasteiger partial charge in [0.2, 0.25) is 0 Å². The highest BCUT2D eigenvalue weighted by atomic mass is 16.5. The summed E-state index contributed by atoms with van der Waals surface area (Å²) in [5.74, 6) is 0. The molecule has 0 bridgehead atoms. The van der Waals surface area contributed by atoms with Crippen molar-refractivity contribution in [2.24, 2.45) is 0 Å². The van der Waals surface area contributed by atoms with Crippen LogP contribution >= 0.6 is 0 Å². The lowest BCUT2D eigenvalue weighted by molar-refractivity contribution is -0.130. The summed E-state index contributed by atoms with van der Waals surface area (Å²) in [6, 6.07) is 8.10. The Morgan fingerprint density at radius 1 is 1.20 bits per heavy atom. The zero-order chi connectivity index (χ0) is 10.3. The molecule has 1 spiro atoms. The van der Waals surface area contributed by atoms with Gasteiger partial charge in [0, 0.05) is 30.9 Å². The molecule has 3 nitrogen and oxygen atoms in total. The number of anilines is 2. The summed E-state index contributed by atoms with van der Waals surface area (Å²) in [4.78, 5) is 2.39. The lowest BCUT2D eigenvalue weighted by Gasteiger charge is -2.38. The molecule has 0 saturated carbocycles. The molecule has 2 fully saturated rings. The quantitative estimate of drug-likeness (QED) is 0.707. The van der Waals surface area contributed by atoms with Crippen molar-refractivity contribution in [2.75, 3.05) is 30.3 Å². The van der Waals surface area contributed by atoms with Crippen LogP contribution in [0.15, 0.2) is 24.3 Å². The normalized spacial score (nSPS) is 29.5. The van der Waals surface area contributed by atoms with Crippen LogP contribution in [0.25, 0.3) is 0 Å². The first-order chi connectivity index (χ1) is 7.27. The zero-order valence-electron chi connectivity index (χ0n) is 8.78. The Kier molecular flexibility index (Phi) is 1.89. The molecule has 1 unspecified atom stereocenters. The largest absolute Gasteiger partial charge is 0.399 e. The second-order valence-corrected chi connectivity index (χ2v) is 4.54. The third-order valence-corrected chi connectivity index (χ3v) is 3.54. The number of hydrogen-bond acceptors (Lipinski definition) is 3. The van der Waals surface area contributed by atoms with Crippen molar-refractivity contribution < 1.29 is 4.74 Å². The van der Waals surface area contributed by atoms with Gasteiger partial charge >= 0.3 is 0 Å². The second-order valence-electron chi connectivity index (χ2n) is 4.54. The number of hydrogen-bond donors (Lipinski definition) is 1. The summed E-state index contributed by atoms with van der Waals surface area (Å²) in [7, 11) is 0. The molecule has 1 atom stereocenters. The Bertz CT molecular complexity index is 356. The molecule has 2 heterocycles. The van der Waals surface area contributed by atoms with Crippen LogP contribution in [0.3, 0.4) is 0 Å². The molecule has 3 heteroatoms. The van der Waals surface area contributed by atoms with Gasteiger partial charge < -0.3 is 15.4 Å². The maximum atomic E-state index is 5.69. The molecular weight excluding hydrogens is 188 g/mol. The topological polar surface area (TPSA) is 38.5 Å². The number of benzene rings is 1. The lowest BCUT2D eigenvalue weighted by atomic mass is 9.94. The van der Waals surface area contributed by atoms with Crippen molar-refractivity contribution in [3.63, 3.8) is 0 Å². The number of rotatable bonds is 1. The molecule has 80 valence electrons. The van der Waals surface area contributed by atoms with Gasteiger partial charge in [-0.1, -0.05) is 0 Å². The Morgan fingerprint density at radius 2 is 1.93 bits per heavy atom. The number of ether oxygens (including phenoxy) is 1. The van der Waals surface area contributed by atoms with Crippen molar-refractivity contribution in [2.45, 2.75) is 18.4 Å². The molecule has 3 rings (SSSR count). The van der Waals surface area contributed by atoms with E-state index < -0.39 is 0 Å². The molecule has 0 radical (unpaired) electrons. The first-order valence-electron chi connectivity index (χ1n) is 5.52. The van der Waals surface area contributed by atoms with Crippen molar-refractivity contribution in [1.82, 2.24) is 0 Å². The van der Waals surface area contributed by atoms with E-state index in [0.29, 0.717) is 0 Å². The van der Waals surface area contributed by atoms with E-state index >= 15 is 0 Å². The minimum absolute atomic E-state index is 0.182. The molecule has 2 saturated heterocycles. The molecule has 0 aliphatic carbocycles. The zero-order valence-corrected chi connectivity index (χ0v) is 8.78. The van der Waals surface area contributed by atoms with E-state index in [1.54, 1.807) is 0 Å². The Morgan fingerprint density at radius 3 is 2.47 bits per heavy atom. The van der Waals surface area contributed by atoms with Crippen molar-refractivity contribution in [1.29, 1.82) is 0 Å². The van der Waals surface area contributed by atoms with Gasteiger partial charge in [0.25, 0.3) is 0 Å². The number of nitrogen functional groups attached to an aromatic ring is 1. The number of nitrogens with two attached hydrogens (primary N) is 1. The van der Waals surface area contributed by atoms with Crippen LogP contribution in [0, 0.1) is 0 Å². The SMILES string of the molecule is Nc1ccc(N2CCC3(CCO3)C2)cc1. The Labute approximate surface area is 89.8 Å². The van der Waals surface area contributed by atoms with Crippen LogP contribution in [0.1, 0.15) is 12.8 Å². The third kappa shape index (κ3) is 1.47. The Balaban J connectivity index is 1.76. The molecule has 15 heavy (non-hydrogen) atoms. The summed E-state index contributed by atoms with van der Waals surface area (Å²) in [5, 5.41) is 0. The van der Waals surface area contributed by atoms with E-state index in [2.05, 4.69) is 17.0 Å². The highest BCUT2D eigenvalue weighted by Crippen LogP contribution is 2.37. The second kappa shape index (κ2) is 3.14. The summed E-state index contributed by atoms with van der Waals surface area (Å²) in [5.41, 5.74) is 7.94. The molecule has 2 aliphatic rings. The molecule has 1 aromatic rings. The first-order valence-corrected chi connectivity index (χ1v) is 5.52. The van der Waals surface area contributed by atoms with E-state index in [0.717, 1.165) is 31.8 Å². The molecule has 0 aromatic heterocycles. The fourth-order valence-corrected chi connectivity index (χ4v) is 2.46. The average Bonchev–Trinajstić information content (AvgIpc) is 2.63. The van der Waals surface area contributed by atoms with Gasteiger partial charge in [-0.25, -0.2) is 0 Å². The fraction of sp³-hybridized carbons (Fsp3) is 0.500. The van der Waals surface area contributed by atoms with Crippen LogP contribution in [0.5, 0.6) is 0 Å². The predicted octanol–water partition coefficient (Wildman–Crippen LogP) is 1.64. The monoisotopic (exact) mass is 204 g/mol. The van der Waals surface area contributed by atoms with Gasteiger partial charge in [0.1, 0.15) is 0 Å². The first kappa shape index (κ1) is 9.04. The average molecular weight is 204 g/mol. The maximum absolute atomic E-state index is 5.69. The van der Waals surface area contributed by atoms with E-state index in [-0.39, 0.29) is 5.60 Å². The standard InChI is InChI=1S/C12H16N2O/c13-10-1-3-11(4-2-10)14-7-5-12(9-14)6-8-15-12/h1-4H,5-9,13H2. The van der Waals surface area contributed by atoms with E-state index in [1.165, 1.54) is 12.1 Å². The van der Waals surface area contributed by atoms with Gasteiger partial charge in [0.05, 0.1) is 12.2 Å². The minimum Gasteiger partial charge on any atom is -0.399 e. The minimum atomic E-state index is 0.182. The van der Waals surface area contributed by atoms with Crippen LogP contribution in [-0.2, 0) is 4.74 Å². The molecule has 0 amide bonds. The van der Waals surface area contributed by atoms with Gasteiger partial charge in [-0.15, -0.1) is 0 Å². The lowest BCUT2D eigenvalue weighted by Crippen LogP contribution is -2.45. The van der Waals surface area contributed by atoms with Crippen LogP contribution in [0.2, 0.25) is 0 Å².